The summed E-state index contributed by atoms with van der Waals surface area (Å²) >= 11 is 0. The van der Waals surface area contributed by atoms with Crippen LogP contribution in [0.3, 0.4) is 0 Å². The van der Waals surface area contributed by atoms with Gasteiger partial charge in [0.15, 0.2) is 0 Å². The second kappa shape index (κ2) is 9.19. The quantitative estimate of drug-likeness (QED) is 0.712. The fraction of sp³-hybridized carbons (Fsp3) is 0.857. The Balaban J connectivity index is 0.00000361. The zero-order valence-corrected chi connectivity index (χ0v) is 13.6. The van der Waals surface area contributed by atoms with E-state index in [0.717, 1.165) is 19.6 Å². The van der Waals surface area contributed by atoms with Gasteiger partial charge >= 0.3 is 0 Å². The van der Waals surface area contributed by atoms with Gasteiger partial charge in [-0.1, -0.05) is 20.8 Å². The smallest absolute Gasteiger partial charge is 0.225 e. The third-order valence-corrected chi connectivity index (χ3v) is 3.31. The summed E-state index contributed by atoms with van der Waals surface area (Å²) in [6, 6.07) is 0. The summed E-state index contributed by atoms with van der Waals surface area (Å²) in [6.45, 7) is 8.80. The molecule has 0 radical (unpaired) electrons. The number of rotatable bonds is 5. The van der Waals surface area contributed by atoms with Gasteiger partial charge in [0.05, 0.1) is 0 Å². The van der Waals surface area contributed by atoms with Crippen molar-refractivity contribution in [1.29, 1.82) is 0 Å². The lowest BCUT2D eigenvalue weighted by molar-refractivity contribution is -0.128. The molecular formula is C14H28ClN3O2. The Morgan fingerprint density at radius 2 is 1.95 bits per heavy atom. The van der Waals surface area contributed by atoms with E-state index in [-0.39, 0.29) is 24.2 Å². The van der Waals surface area contributed by atoms with Crippen molar-refractivity contribution in [3.63, 3.8) is 0 Å². The molecular weight excluding hydrogens is 278 g/mol. The van der Waals surface area contributed by atoms with E-state index in [9.17, 15) is 9.59 Å². The van der Waals surface area contributed by atoms with Crippen LogP contribution < -0.4 is 16.0 Å². The number of carbonyl (C=O) groups excluding carboxylic acids is 2. The third kappa shape index (κ3) is 7.70. The molecule has 1 fully saturated rings. The summed E-state index contributed by atoms with van der Waals surface area (Å²) in [4.78, 5) is 23.2. The van der Waals surface area contributed by atoms with Gasteiger partial charge in [-0.05, 0) is 31.8 Å². The molecule has 0 aromatic heterocycles. The normalized spacial score (nSPS) is 18.9. The molecule has 0 aromatic carbocycles. The lowest BCUT2D eigenvalue weighted by Gasteiger charge is -2.23. The van der Waals surface area contributed by atoms with Gasteiger partial charge in [0.25, 0.3) is 0 Å². The predicted octanol–water partition coefficient (Wildman–Crippen LogP) is 1.08. The summed E-state index contributed by atoms with van der Waals surface area (Å²) in [5.74, 6) is 0.540. The summed E-state index contributed by atoms with van der Waals surface area (Å²) in [5, 5.41) is 9.04. The maximum absolute atomic E-state index is 11.6. The molecule has 0 aliphatic carbocycles. The van der Waals surface area contributed by atoms with Gasteiger partial charge in [0.1, 0.15) is 0 Å². The van der Waals surface area contributed by atoms with E-state index in [4.69, 9.17) is 0 Å². The summed E-state index contributed by atoms with van der Waals surface area (Å²) < 4.78 is 0. The lowest BCUT2D eigenvalue weighted by atomic mass is 9.96. The average molecular weight is 306 g/mol. The van der Waals surface area contributed by atoms with E-state index in [1.54, 1.807) is 0 Å². The Kier molecular flexibility index (Phi) is 8.81. The number of hydrogen-bond acceptors (Lipinski definition) is 3. The standard InChI is InChI=1S/C14H27N3O2.ClH/c1-14(2,3)13(19)16-8-6-12(18)17-10-11-5-4-7-15-9-11;/h11,15H,4-10H2,1-3H3,(H,16,19)(H,17,18);1H. The summed E-state index contributed by atoms with van der Waals surface area (Å²) in [5.41, 5.74) is -0.399. The van der Waals surface area contributed by atoms with Crippen molar-refractivity contribution in [2.45, 2.75) is 40.0 Å². The molecule has 5 nitrogen and oxygen atoms in total. The molecule has 2 amide bonds. The minimum atomic E-state index is -0.399. The number of halogens is 1. The minimum absolute atomic E-state index is 0. The highest BCUT2D eigenvalue weighted by atomic mass is 35.5. The molecule has 1 aliphatic heterocycles. The van der Waals surface area contributed by atoms with E-state index in [0.29, 0.717) is 18.9 Å². The zero-order valence-electron chi connectivity index (χ0n) is 12.8. The monoisotopic (exact) mass is 305 g/mol. The van der Waals surface area contributed by atoms with E-state index in [2.05, 4.69) is 16.0 Å². The SMILES string of the molecule is CC(C)(C)C(=O)NCCC(=O)NCC1CCCNC1.Cl. The molecule has 0 spiro atoms. The summed E-state index contributed by atoms with van der Waals surface area (Å²) in [7, 11) is 0. The Morgan fingerprint density at radius 3 is 2.50 bits per heavy atom. The van der Waals surface area contributed by atoms with Gasteiger partial charge in [0, 0.05) is 24.9 Å². The lowest BCUT2D eigenvalue weighted by Crippen LogP contribution is -2.40. The predicted molar refractivity (Wildman–Crippen MR) is 82.9 cm³/mol. The number of carbonyl (C=O) groups is 2. The highest BCUT2D eigenvalue weighted by Gasteiger charge is 2.20. The van der Waals surface area contributed by atoms with Crippen molar-refractivity contribution >= 4 is 24.2 Å². The van der Waals surface area contributed by atoms with Crippen LogP contribution >= 0.6 is 12.4 Å². The molecule has 1 rings (SSSR count). The van der Waals surface area contributed by atoms with Gasteiger partial charge < -0.3 is 16.0 Å². The largest absolute Gasteiger partial charge is 0.356 e. The molecule has 1 unspecified atom stereocenters. The second-order valence-corrected chi connectivity index (χ2v) is 6.27. The second-order valence-electron chi connectivity index (χ2n) is 6.27. The number of hydrogen-bond donors (Lipinski definition) is 3. The molecule has 3 N–H and O–H groups in total. The van der Waals surface area contributed by atoms with Crippen molar-refractivity contribution < 1.29 is 9.59 Å². The van der Waals surface area contributed by atoms with Crippen LogP contribution in [0.1, 0.15) is 40.0 Å². The van der Waals surface area contributed by atoms with E-state index >= 15 is 0 Å². The molecule has 0 aromatic rings. The fourth-order valence-electron chi connectivity index (χ4n) is 2.00. The number of nitrogens with one attached hydrogen (secondary N) is 3. The van der Waals surface area contributed by atoms with Gasteiger partial charge in [-0.2, -0.15) is 0 Å². The molecule has 0 saturated carbocycles. The topological polar surface area (TPSA) is 70.2 Å². The first-order valence-electron chi connectivity index (χ1n) is 7.15. The van der Waals surface area contributed by atoms with Crippen LogP contribution in [0.5, 0.6) is 0 Å². The van der Waals surface area contributed by atoms with Crippen LogP contribution in [0.4, 0.5) is 0 Å². The maximum atomic E-state index is 11.6. The Hall–Kier alpha value is -0.810. The number of amides is 2. The molecule has 1 atom stereocenters. The number of piperidine rings is 1. The van der Waals surface area contributed by atoms with Crippen LogP contribution in [-0.4, -0.2) is 38.0 Å². The first-order chi connectivity index (χ1) is 8.89. The highest BCUT2D eigenvalue weighted by Crippen LogP contribution is 2.12. The molecule has 1 saturated heterocycles. The van der Waals surface area contributed by atoms with Crippen LogP contribution in [0, 0.1) is 11.3 Å². The Morgan fingerprint density at radius 1 is 1.25 bits per heavy atom. The molecule has 118 valence electrons. The van der Waals surface area contributed by atoms with Crippen LogP contribution in [0.15, 0.2) is 0 Å². The van der Waals surface area contributed by atoms with Gasteiger partial charge in [0.2, 0.25) is 11.8 Å². The van der Waals surface area contributed by atoms with E-state index in [1.165, 1.54) is 12.8 Å². The molecule has 0 bridgehead atoms. The van der Waals surface area contributed by atoms with Crippen molar-refractivity contribution in [1.82, 2.24) is 16.0 Å². The zero-order chi connectivity index (χ0) is 14.3. The highest BCUT2D eigenvalue weighted by molar-refractivity contribution is 5.85. The van der Waals surface area contributed by atoms with Gasteiger partial charge in [-0.15, -0.1) is 12.4 Å². The van der Waals surface area contributed by atoms with Crippen molar-refractivity contribution in [2.24, 2.45) is 11.3 Å². The van der Waals surface area contributed by atoms with E-state index < -0.39 is 5.41 Å². The van der Waals surface area contributed by atoms with Gasteiger partial charge in [-0.25, -0.2) is 0 Å². The van der Waals surface area contributed by atoms with Crippen LogP contribution in [0.25, 0.3) is 0 Å². The Labute approximate surface area is 128 Å². The van der Waals surface area contributed by atoms with Crippen molar-refractivity contribution in [3.05, 3.63) is 0 Å². The first kappa shape index (κ1) is 19.2. The summed E-state index contributed by atoms with van der Waals surface area (Å²) in [6.07, 6.45) is 2.71. The van der Waals surface area contributed by atoms with Gasteiger partial charge in [-0.3, -0.25) is 9.59 Å². The fourth-order valence-corrected chi connectivity index (χ4v) is 2.00. The molecule has 1 aliphatic rings. The Bertz CT molecular complexity index is 310. The molecule has 1 heterocycles. The molecule has 20 heavy (non-hydrogen) atoms. The third-order valence-electron chi connectivity index (χ3n) is 3.31. The first-order valence-corrected chi connectivity index (χ1v) is 7.15. The average Bonchev–Trinajstić information content (AvgIpc) is 2.36. The maximum Gasteiger partial charge on any atom is 0.225 e. The van der Waals surface area contributed by atoms with Crippen LogP contribution in [0.2, 0.25) is 0 Å². The van der Waals surface area contributed by atoms with Crippen molar-refractivity contribution in [3.8, 4) is 0 Å². The minimum Gasteiger partial charge on any atom is -0.356 e. The van der Waals surface area contributed by atoms with E-state index in [1.807, 2.05) is 20.8 Å². The van der Waals surface area contributed by atoms with Crippen LogP contribution in [-0.2, 0) is 9.59 Å². The van der Waals surface area contributed by atoms with Crippen molar-refractivity contribution in [2.75, 3.05) is 26.2 Å². The molecule has 6 heteroatoms.